The highest BCUT2D eigenvalue weighted by atomic mass is 16.3. The molecule has 6 bridgehead atoms. The summed E-state index contributed by atoms with van der Waals surface area (Å²) in [5.74, 6) is 0. The van der Waals surface area contributed by atoms with E-state index >= 15 is 0 Å². The minimum absolute atomic E-state index is 0.147. The van der Waals surface area contributed by atoms with Crippen molar-refractivity contribution in [2.75, 3.05) is 0 Å². The molecule has 270 valence electrons. The molecular weight excluding hydrogens is 685 g/mol. The van der Waals surface area contributed by atoms with Gasteiger partial charge in [0.2, 0.25) is 0 Å². The van der Waals surface area contributed by atoms with Gasteiger partial charge in [-0.15, -0.1) is 0 Å². The summed E-state index contributed by atoms with van der Waals surface area (Å²) in [6.07, 6.45) is 0. The maximum atomic E-state index is 6.63. The van der Waals surface area contributed by atoms with Gasteiger partial charge in [-0.2, -0.15) is 0 Å². The van der Waals surface area contributed by atoms with Crippen molar-refractivity contribution in [1.82, 2.24) is 19.4 Å². The van der Waals surface area contributed by atoms with Gasteiger partial charge in [-0.25, -0.2) is 4.98 Å². The average Bonchev–Trinajstić information content (AvgIpc) is 3.55. The smallest absolute Gasteiger partial charge is 0.138 e. The standard InChI is InChI=1S/C51H40N4O/c1-51(2,3)34-29-46-40-20-8-7-19-39(40)43-23-14-22-38(33-15-5-4-6-16-33)50(43)54-45-25-11-10-24-44(45)52-35-17-13-18-36(31-35)56-37-27-28-42-41-21-9-12-26-47(41)55(48(42)32-37)49(30-34)53-46/h4-32,52,54H,1-3H3. The van der Waals surface area contributed by atoms with E-state index in [4.69, 9.17) is 9.40 Å². The van der Waals surface area contributed by atoms with Gasteiger partial charge < -0.3 is 14.4 Å². The molecule has 0 spiro atoms. The minimum Gasteiger partial charge on any atom is -0.457 e. The van der Waals surface area contributed by atoms with Crippen LogP contribution in [-0.4, -0.2) is 19.4 Å². The van der Waals surface area contributed by atoms with Gasteiger partial charge in [0.15, 0.2) is 0 Å². The monoisotopic (exact) mass is 724 g/mol. The summed E-state index contributed by atoms with van der Waals surface area (Å²) < 4.78 is 8.93. The molecule has 3 heterocycles. The molecular formula is C51H40N4O. The lowest BCUT2D eigenvalue weighted by molar-refractivity contribution is 0.591. The number of benzene rings is 7. The molecule has 0 fully saturated rings. The number of fused-ring (bicyclic) bond motifs is 14. The van der Waals surface area contributed by atoms with E-state index in [1.54, 1.807) is 0 Å². The lowest BCUT2D eigenvalue weighted by Crippen LogP contribution is -2.11. The van der Waals surface area contributed by atoms with Crippen LogP contribution in [0.2, 0.25) is 0 Å². The fourth-order valence-corrected chi connectivity index (χ4v) is 7.94. The van der Waals surface area contributed by atoms with E-state index in [9.17, 15) is 0 Å². The van der Waals surface area contributed by atoms with Crippen LogP contribution in [0.15, 0.2) is 180 Å². The van der Waals surface area contributed by atoms with E-state index in [-0.39, 0.29) is 5.41 Å². The van der Waals surface area contributed by atoms with E-state index < -0.39 is 0 Å². The third-order valence-electron chi connectivity index (χ3n) is 10.7. The maximum Gasteiger partial charge on any atom is 0.138 e. The van der Waals surface area contributed by atoms with Crippen molar-refractivity contribution in [1.29, 1.82) is 0 Å². The van der Waals surface area contributed by atoms with Gasteiger partial charge in [-0.1, -0.05) is 130 Å². The molecule has 7 aromatic carbocycles. The van der Waals surface area contributed by atoms with Crippen molar-refractivity contribution in [3.8, 4) is 11.1 Å². The Morgan fingerprint density at radius 3 is 1.98 bits per heavy atom. The summed E-state index contributed by atoms with van der Waals surface area (Å²) >= 11 is 0. The first kappa shape index (κ1) is 33.5. The summed E-state index contributed by atoms with van der Waals surface area (Å²) in [5, 5.41) is 5.53. The minimum atomic E-state index is -0.147. The Labute approximate surface area is 323 Å². The van der Waals surface area contributed by atoms with Crippen LogP contribution in [0.25, 0.3) is 93.5 Å². The Bertz CT molecular complexity index is 3350. The second kappa shape index (κ2) is 13.3. The molecule has 0 saturated heterocycles. The van der Waals surface area contributed by atoms with Crippen molar-refractivity contribution >= 4 is 82.4 Å². The Balaban J connectivity index is 1.51. The molecule has 0 aliphatic rings. The zero-order chi connectivity index (χ0) is 37.8. The first-order chi connectivity index (χ1) is 27.4. The Hall–Kier alpha value is -7.11. The number of rotatable bonds is 1. The average molecular weight is 725 g/mol. The van der Waals surface area contributed by atoms with E-state index in [1.807, 2.05) is 18.2 Å². The highest BCUT2D eigenvalue weighted by molar-refractivity contribution is 6.13. The molecule has 10 aromatic rings. The molecule has 5 nitrogen and oxygen atoms in total. The van der Waals surface area contributed by atoms with E-state index in [0.29, 0.717) is 0 Å². The molecule has 56 heavy (non-hydrogen) atoms. The Kier molecular flexibility index (Phi) is 7.96. The number of H-pyrrole nitrogens is 2. The summed E-state index contributed by atoms with van der Waals surface area (Å²) in [6, 6.07) is 61.8. The molecule has 0 radical (unpaired) electrons. The lowest BCUT2D eigenvalue weighted by Gasteiger charge is -2.19. The van der Waals surface area contributed by atoms with Crippen molar-refractivity contribution in [2.24, 2.45) is 0 Å². The Morgan fingerprint density at radius 2 is 1.16 bits per heavy atom. The topological polar surface area (TPSA) is 62.0 Å². The number of hydrogen-bond donors (Lipinski definition) is 2. The third kappa shape index (κ3) is 5.94. The molecule has 2 N–H and O–H groups in total. The van der Waals surface area contributed by atoms with Crippen LogP contribution in [0.4, 0.5) is 0 Å². The van der Waals surface area contributed by atoms with E-state index in [1.165, 1.54) is 10.9 Å². The van der Waals surface area contributed by atoms with Crippen LogP contribution in [0.1, 0.15) is 26.3 Å². The number of aromatic nitrogens is 4. The molecule has 0 aliphatic carbocycles. The molecule has 0 unspecified atom stereocenters. The zero-order valence-corrected chi connectivity index (χ0v) is 31.5. The number of nitrogens with zero attached hydrogens (tertiary/aromatic N) is 2. The van der Waals surface area contributed by atoms with Gasteiger partial charge in [0, 0.05) is 44.8 Å². The fourth-order valence-electron chi connectivity index (χ4n) is 7.94. The van der Waals surface area contributed by atoms with Crippen LogP contribution < -0.4 is 0 Å². The van der Waals surface area contributed by atoms with Gasteiger partial charge in [0.25, 0.3) is 0 Å². The SMILES string of the molecule is CC(C)(C)c1cc2nc(c1)n1c3ccccc3c3ccc(cc31)oc1cccc(c1)[nH]c1ccccc1[nH]c1c(-c3ccccc3)cccc1c1ccccc21. The van der Waals surface area contributed by atoms with Crippen LogP contribution in [0, 0.1) is 0 Å². The number of aromatic amines is 2. The number of para-hydroxylation sites is 4. The lowest BCUT2D eigenvalue weighted by atomic mass is 9.87. The zero-order valence-electron chi connectivity index (χ0n) is 31.5. The van der Waals surface area contributed by atoms with Crippen LogP contribution in [0.5, 0.6) is 0 Å². The van der Waals surface area contributed by atoms with E-state index in [0.717, 1.165) is 88.1 Å². The highest BCUT2D eigenvalue weighted by Crippen LogP contribution is 2.35. The van der Waals surface area contributed by atoms with Gasteiger partial charge in [0.05, 0.1) is 33.1 Å². The second-order valence-corrected chi connectivity index (χ2v) is 15.4. The third-order valence-corrected chi connectivity index (χ3v) is 10.7. The molecule has 0 saturated carbocycles. The molecule has 0 atom stereocenters. The van der Waals surface area contributed by atoms with Crippen molar-refractivity contribution in [3.05, 3.63) is 181 Å². The van der Waals surface area contributed by atoms with Crippen LogP contribution >= 0.6 is 0 Å². The number of nitrogens with one attached hydrogen (secondary N) is 2. The second-order valence-electron chi connectivity index (χ2n) is 15.4. The van der Waals surface area contributed by atoms with Crippen LogP contribution in [-0.2, 0) is 5.41 Å². The van der Waals surface area contributed by atoms with Crippen LogP contribution in [0.3, 0.4) is 0 Å². The Morgan fingerprint density at radius 1 is 0.500 bits per heavy atom. The summed E-state index contributed by atoms with van der Waals surface area (Å²) in [6.45, 7) is 6.81. The molecule has 10 rings (SSSR count). The predicted molar refractivity (Wildman–Crippen MR) is 236 cm³/mol. The summed E-state index contributed by atoms with van der Waals surface area (Å²) in [4.78, 5) is 13.2. The van der Waals surface area contributed by atoms with Crippen molar-refractivity contribution in [2.45, 2.75) is 26.2 Å². The molecule has 3 aromatic heterocycles. The van der Waals surface area contributed by atoms with Crippen molar-refractivity contribution in [3.63, 3.8) is 0 Å². The molecule has 0 aliphatic heterocycles. The number of hydrogen-bond acceptors (Lipinski definition) is 2. The first-order valence-electron chi connectivity index (χ1n) is 19.1. The molecule has 0 amide bonds. The normalized spacial score (nSPS) is 11.8. The highest BCUT2D eigenvalue weighted by Gasteiger charge is 2.17. The van der Waals surface area contributed by atoms with Crippen molar-refractivity contribution < 1.29 is 4.42 Å². The largest absolute Gasteiger partial charge is 0.457 e. The van der Waals surface area contributed by atoms with Gasteiger partial charge in [-0.3, -0.25) is 4.40 Å². The van der Waals surface area contributed by atoms with Gasteiger partial charge in [-0.05, 0) is 76.5 Å². The summed E-state index contributed by atoms with van der Waals surface area (Å²) in [7, 11) is 0. The fraction of sp³-hybridized carbons (Fsp3) is 0.0784. The molecule has 5 heteroatoms. The predicted octanol–water partition coefficient (Wildman–Crippen LogP) is 14.0. The van der Waals surface area contributed by atoms with Gasteiger partial charge >= 0.3 is 0 Å². The van der Waals surface area contributed by atoms with E-state index in [2.05, 4.69) is 193 Å². The first-order valence-corrected chi connectivity index (χ1v) is 19.1. The van der Waals surface area contributed by atoms with Gasteiger partial charge in [0.1, 0.15) is 16.8 Å². The number of pyridine rings is 1. The quantitative estimate of drug-likeness (QED) is 0.177. The summed E-state index contributed by atoms with van der Waals surface area (Å²) in [5.41, 5.74) is 12.5. The maximum absolute atomic E-state index is 6.63.